The van der Waals surface area contributed by atoms with Gasteiger partial charge in [0, 0.05) is 6.92 Å². The molecule has 1 rings (SSSR count). The summed E-state index contributed by atoms with van der Waals surface area (Å²) in [5, 5.41) is 2.57. The van der Waals surface area contributed by atoms with Crippen molar-refractivity contribution in [1.82, 2.24) is 5.32 Å². The first-order chi connectivity index (χ1) is 6.72. The highest BCUT2D eigenvalue weighted by molar-refractivity contribution is 5.77. The summed E-state index contributed by atoms with van der Waals surface area (Å²) in [7, 11) is 0. The Kier molecular flexibility index (Phi) is 3.85. The Labute approximate surface area is 83.1 Å². The van der Waals surface area contributed by atoms with Gasteiger partial charge in [-0.2, -0.15) is 0 Å². The highest BCUT2D eigenvalue weighted by atomic mass is 16.2. The number of hydrogen-bond acceptors (Lipinski definition) is 2. The van der Waals surface area contributed by atoms with E-state index >= 15 is 0 Å². The maximum absolute atomic E-state index is 10.7. The predicted octanol–water partition coefficient (Wildman–Crippen LogP) is 0.933. The van der Waals surface area contributed by atoms with Crippen LogP contribution in [0.1, 0.15) is 12.5 Å². The molecule has 14 heavy (non-hydrogen) atoms. The highest BCUT2D eigenvalue weighted by Gasteiger charge is 2.08. The third-order valence-corrected chi connectivity index (χ3v) is 1.85. The van der Waals surface area contributed by atoms with Gasteiger partial charge in [0.1, 0.15) is 6.29 Å². The lowest BCUT2D eigenvalue weighted by atomic mass is 10.1. The molecule has 0 saturated heterocycles. The summed E-state index contributed by atoms with van der Waals surface area (Å²) in [5.74, 6) is -0.182. The van der Waals surface area contributed by atoms with Gasteiger partial charge in [0.15, 0.2) is 0 Å². The van der Waals surface area contributed by atoms with E-state index in [9.17, 15) is 9.59 Å². The van der Waals surface area contributed by atoms with Crippen LogP contribution in [0.4, 0.5) is 0 Å². The summed E-state index contributed by atoms with van der Waals surface area (Å²) in [6.45, 7) is 1.40. The molecular weight excluding hydrogens is 178 g/mol. The molecule has 0 aliphatic carbocycles. The van der Waals surface area contributed by atoms with E-state index in [1.54, 1.807) is 0 Å². The number of rotatable bonds is 4. The van der Waals surface area contributed by atoms with Gasteiger partial charge in [-0.05, 0) is 12.0 Å². The van der Waals surface area contributed by atoms with Crippen molar-refractivity contribution in [3.05, 3.63) is 35.9 Å². The third kappa shape index (κ3) is 3.39. The number of carbonyl (C=O) groups excluding carboxylic acids is 2. The molecule has 74 valence electrons. The van der Waals surface area contributed by atoms with Crippen LogP contribution in [0.2, 0.25) is 0 Å². The second-order valence-corrected chi connectivity index (χ2v) is 3.13. The van der Waals surface area contributed by atoms with Gasteiger partial charge in [-0.15, -0.1) is 0 Å². The number of carbonyl (C=O) groups is 2. The van der Waals surface area contributed by atoms with Crippen molar-refractivity contribution >= 4 is 12.2 Å². The van der Waals surface area contributed by atoms with Crippen LogP contribution in [-0.4, -0.2) is 18.2 Å². The van der Waals surface area contributed by atoms with E-state index in [-0.39, 0.29) is 5.91 Å². The number of amides is 1. The van der Waals surface area contributed by atoms with Crippen LogP contribution >= 0.6 is 0 Å². The van der Waals surface area contributed by atoms with Crippen molar-refractivity contribution in [3.8, 4) is 0 Å². The zero-order valence-corrected chi connectivity index (χ0v) is 8.07. The SMILES string of the molecule is CC(=O)N[C@H](C=O)Cc1ccccc1. The fourth-order valence-electron chi connectivity index (χ4n) is 1.26. The van der Waals surface area contributed by atoms with Crippen LogP contribution in [0.25, 0.3) is 0 Å². The third-order valence-electron chi connectivity index (χ3n) is 1.85. The summed E-state index contributed by atoms with van der Waals surface area (Å²) in [6.07, 6.45) is 1.30. The van der Waals surface area contributed by atoms with E-state index in [2.05, 4.69) is 5.32 Å². The first kappa shape index (κ1) is 10.4. The molecule has 0 aromatic heterocycles. The number of nitrogens with one attached hydrogen (secondary N) is 1. The Morgan fingerprint density at radius 3 is 2.57 bits per heavy atom. The molecule has 1 amide bonds. The topological polar surface area (TPSA) is 46.2 Å². The lowest BCUT2D eigenvalue weighted by Crippen LogP contribution is -2.35. The van der Waals surface area contributed by atoms with Crippen LogP contribution in [0.15, 0.2) is 30.3 Å². The molecular formula is C11H13NO2. The smallest absolute Gasteiger partial charge is 0.217 e. The fraction of sp³-hybridized carbons (Fsp3) is 0.273. The van der Waals surface area contributed by atoms with Gasteiger partial charge < -0.3 is 10.1 Å². The average molecular weight is 191 g/mol. The van der Waals surface area contributed by atoms with Crippen LogP contribution in [0.5, 0.6) is 0 Å². The first-order valence-electron chi connectivity index (χ1n) is 4.48. The molecule has 0 saturated carbocycles. The van der Waals surface area contributed by atoms with Gasteiger partial charge in [0.25, 0.3) is 0 Å². The molecule has 0 aliphatic heterocycles. The molecule has 0 bridgehead atoms. The quantitative estimate of drug-likeness (QED) is 0.720. The first-order valence-corrected chi connectivity index (χ1v) is 4.48. The molecule has 3 nitrogen and oxygen atoms in total. The lowest BCUT2D eigenvalue weighted by molar-refractivity contribution is -0.122. The number of aldehydes is 1. The lowest BCUT2D eigenvalue weighted by Gasteiger charge is -2.10. The van der Waals surface area contributed by atoms with Crippen molar-refractivity contribution in [2.45, 2.75) is 19.4 Å². The standard InChI is InChI=1S/C11H13NO2/c1-9(14)12-11(8-13)7-10-5-3-2-4-6-10/h2-6,8,11H,7H2,1H3,(H,12,14)/t11-/m0/s1. The summed E-state index contributed by atoms with van der Waals surface area (Å²) < 4.78 is 0. The van der Waals surface area contributed by atoms with E-state index in [1.807, 2.05) is 30.3 Å². The van der Waals surface area contributed by atoms with Crippen molar-refractivity contribution in [1.29, 1.82) is 0 Å². The Hall–Kier alpha value is -1.64. The van der Waals surface area contributed by atoms with Crippen molar-refractivity contribution in [2.75, 3.05) is 0 Å². The molecule has 1 aromatic carbocycles. The van der Waals surface area contributed by atoms with Crippen molar-refractivity contribution < 1.29 is 9.59 Å². The molecule has 0 aliphatic rings. The second kappa shape index (κ2) is 5.17. The van der Waals surface area contributed by atoms with Gasteiger partial charge in [-0.3, -0.25) is 4.79 Å². The Morgan fingerprint density at radius 2 is 2.07 bits per heavy atom. The second-order valence-electron chi connectivity index (χ2n) is 3.13. The van der Waals surface area contributed by atoms with Crippen molar-refractivity contribution in [3.63, 3.8) is 0 Å². The van der Waals surface area contributed by atoms with Gasteiger partial charge in [0.05, 0.1) is 6.04 Å². The maximum atomic E-state index is 10.7. The molecule has 0 unspecified atom stereocenters. The van der Waals surface area contributed by atoms with Gasteiger partial charge >= 0.3 is 0 Å². The minimum atomic E-state index is -0.421. The van der Waals surface area contributed by atoms with Crippen LogP contribution in [-0.2, 0) is 16.0 Å². The number of hydrogen-bond donors (Lipinski definition) is 1. The van der Waals surface area contributed by atoms with E-state index in [0.717, 1.165) is 11.8 Å². The molecule has 0 heterocycles. The fourth-order valence-corrected chi connectivity index (χ4v) is 1.26. The molecule has 1 atom stereocenters. The molecule has 1 aromatic rings. The van der Waals surface area contributed by atoms with Crippen LogP contribution in [0, 0.1) is 0 Å². The van der Waals surface area contributed by atoms with E-state index in [1.165, 1.54) is 6.92 Å². The monoisotopic (exact) mass is 191 g/mol. The average Bonchev–Trinajstić information content (AvgIpc) is 2.17. The normalized spacial score (nSPS) is 11.8. The van der Waals surface area contributed by atoms with E-state index in [0.29, 0.717) is 6.42 Å². The summed E-state index contributed by atoms with van der Waals surface area (Å²) in [5.41, 5.74) is 1.04. The summed E-state index contributed by atoms with van der Waals surface area (Å²) in [4.78, 5) is 21.4. The largest absolute Gasteiger partial charge is 0.346 e. The summed E-state index contributed by atoms with van der Waals surface area (Å²) >= 11 is 0. The molecule has 3 heteroatoms. The predicted molar refractivity (Wildman–Crippen MR) is 53.8 cm³/mol. The van der Waals surface area contributed by atoms with E-state index < -0.39 is 6.04 Å². The molecule has 0 radical (unpaired) electrons. The minimum absolute atomic E-state index is 0.182. The summed E-state index contributed by atoms with van der Waals surface area (Å²) in [6, 6.07) is 9.17. The maximum Gasteiger partial charge on any atom is 0.217 e. The van der Waals surface area contributed by atoms with Gasteiger partial charge in [-0.1, -0.05) is 30.3 Å². The number of benzene rings is 1. The molecule has 0 spiro atoms. The Morgan fingerprint density at radius 1 is 1.43 bits per heavy atom. The van der Waals surface area contributed by atoms with Crippen molar-refractivity contribution in [2.24, 2.45) is 0 Å². The van der Waals surface area contributed by atoms with Gasteiger partial charge in [-0.25, -0.2) is 0 Å². The zero-order chi connectivity index (χ0) is 10.4. The zero-order valence-electron chi connectivity index (χ0n) is 8.07. The van der Waals surface area contributed by atoms with Crippen LogP contribution in [0.3, 0.4) is 0 Å². The Bertz CT molecular complexity index is 308. The highest BCUT2D eigenvalue weighted by Crippen LogP contribution is 2.01. The molecule has 1 N–H and O–H groups in total. The molecule has 0 fully saturated rings. The Balaban J connectivity index is 2.57. The van der Waals surface area contributed by atoms with Gasteiger partial charge in [0.2, 0.25) is 5.91 Å². The van der Waals surface area contributed by atoms with E-state index in [4.69, 9.17) is 0 Å². The van der Waals surface area contributed by atoms with Crippen LogP contribution < -0.4 is 5.32 Å². The minimum Gasteiger partial charge on any atom is -0.346 e.